The van der Waals surface area contributed by atoms with Crippen LogP contribution in [0.4, 0.5) is 0 Å². The molecule has 1 N–H and O–H groups in total. The number of aryl methyl sites for hydroxylation is 1. The van der Waals surface area contributed by atoms with Gasteiger partial charge < -0.3 is 9.73 Å². The van der Waals surface area contributed by atoms with Crippen molar-refractivity contribution >= 4 is 11.0 Å². The van der Waals surface area contributed by atoms with Crippen molar-refractivity contribution in [3.63, 3.8) is 0 Å². The van der Waals surface area contributed by atoms with Crippen LogP contribution in [0.5, 0.6) is 0 Å². The predicted molar refractivity (Wildman–Crippen MR) is 83.9 cm³/mol. The first-order valence-corrected chi connectivity index (χ1v) is 7.51. The molecule has 3 rings (SSSR count). The first-order chi connectivity index (χ1) is 9.26. The summed E-state index contributed by atoms with van der Waals surface area (Å²) in [6.07, 6.45) is 0. The molecule has 1 fully saturated rings. The molecule has 0 saturated heterocycles. The van der Waals surface area contributed by atoms with Crippen molar-refractivity contribution in [2.45, 2.75) is 53.6 Å². The maximum atomic E-state index is 6.06. The van der Waals surface area contributed by atoms with Crippen molar-refractivity contribution in [3.05, 3.63) is 35.6 Å². The van der Waals surface area contributed by atoms with Crippen LogP contribution in [0.25, 0.3) is 11.0 Å². The van der Waals surface area contributed by atoms with Gasteiger partial charge in [0, 0.05) is 11.4 Å². The van der Waals surface area contributed by atoms with Gasteiger partial charge in [0.1, 0.15) is 11.3 Å². The average molecular weight is 271 g/mol. The SMILES string of the molecule is Cc1c(C(C)NC2C(C)(C)C2(C)C)oc2ccccc12. The molecule has 1 unspecified atom stereocenters. The van der Waals surface area contributed by atoms with Gasteiger partial charge in [-0.1, -0.05) is 45.9 Å². The molecular formula is C18H25NO. The number of rotatable bonds is 3. The Morgan fingerprint density at radius 2 is 1.70 bits per heavy atom. The lowest BCUT2D eigenvalue weighted by atomic mass is 10.0. The van der Waals surface area contributed by atoms with Gasteiger partial charge in [-0.05, 0) is 36.3 Å². The lowest BCUT2D eigenvalue weighted by Gasteiger charge is -2.14. The summed E-state index contributed by atoms with van der Waals surface area (Å²) in [5, 5.41) is 4.99. The van der Waals surface area contributed by atoms with Crippen LogP contribution in [0.2, 0.25) is 0 Å². The van der Waals surface area contributed by atoms with Gasteiger partial charge in [0.05, 0.1) is 6.04 Å². The molecule has 0 spiro atoms. The summed E-state index contributed by atoms with van der Waals surface area (Å²) < 4.78 is 6.06. The summed E-state index contributed by atoms with van der Waals surface area (Å²) >= 11 is 0. The molecule has 0 amide bonds. The van der Waals surface area contributed by atoms with Crippen LogP contribution in [-0.4, -0.2) is 6.04 Å². The van der Waals surface area contributed by atoms with Gasteiger partial charge in [-0.25, -0.2) is 0 Å². The molecule has 2 aromatic rings. The van der Waals surface area contributed by atoms with E-state index >= 15 is 0 Å². The van der Waals surface area contributed by atoms with Gasteiger partial charge in [0.15, 0.2) is 0 Å². The molecule has 1 aliphatic rings. The zero-order chi connectivity index (χ0) is 14.7. The van der Waals surface area contributed by atoms with Gasteiger partial charge in [-0.3, -0.25) is 0 Å². The molecule has 0 radical (unpaired) electrons. The Morgan fingerprint density at radius 1 is 1.10 bits per heavy atom. The van der Waals surface area contributed by atoms with Crippen molar-refractivity contribution in [3.8, 4) is 0 Å². The molecule has 1 aromatic carbocycles. The van der Waals surface area contributed by atoms with E-state index in [1.807, 2.05) is 12.1 Å². The van der Waals surface area contributed by atoms with Crippen molar-refractivity contribution < 1.29 is 4.42 Å². The van der Waals surface area contributed by atoms with Crippen LogP contribution in [0.3, 0.4) is 0 Å². The van der Waals surface area contributed by atoms with Crippen LogP contribution < -0.4 is 5.32 Å². The van der Waals surface area contributed by atoms with Gasteiger partial charge in [0.2, 0.25) is 0 Å². The highest BCUT2D eigenvalue weighted by atomic mass is 16.3. The zero-order valence-electron chi connectivity index (χ0n) is 13.4. The number of furan rings is 1. The summed E-state index contributed by atoms with van der Waals surface area (Å²) in [6.45, 7) is 13.7. The highest BCUT2D eigenvalue weighted by molar-refractivity contribution is 5.82. The predicted octanol–water partition coefficient (Wildman–Crippen LogP) is 4.83. The van der Waals surface area contributed by atoms with Gasteiger partial charge >= 0.3 is 0 Å². The van der Waals surface area contributed by atoms with E-state index in [1.54, 1.807) is 0 Å². The minimum atomic E-state index is 0.244. The van der Waals surface area contributed by atoms with E-state index < -0.39 is 0 Å². The molecule has 1 heterocycles. The molecule has 108 valence electrons. The summed E-state index contributed by atoms with van der Waals surface area (Å²) in [6, 6.07) is 9.06. The summed E-state index contributed by atoms with van der Waals surface area (Å²) in [5.74, 6) is 1.07. The number of para-hydroxylation sites is 1. The van der Waals surface area contributed by atoms with Gasteiger partial charge in [-0.15, -0.1) is 0 Å². The number of hydrogen-bond acceptors (Lipinski definition) is 2. The van der Waals surface area contributed by atoms with Gasteiger partial charge in [-0.2, -0.15) is 0 Å². The van der Waals surface area contributed by atoms with Crippen LogP contribution in [0, 0.1) is 17.8 Å². The number of benzene rings is 1. The Kier molecular flexibility index (Phi) is 2.81. The second-order valence-electron chi connectivity index (χ2n) is 7.35. The third-order valence-electron chi connectivity index (χ3n) is 5.71. The third kappa shape index (κ3) is 1.74. The smallest absolute Gasteiger partial charge is 0.134 e. The second kappa shape index (κ2) is 4.11. The Morgan fingerprint density at radius 3 is 2.25 bits per heavy atom. The summed E-state index contributed by atoms with van der Waals surface area (Å²) in [7, 11) is 0. The van der Waals surface area contributed by atoms with E-state index in [0.717, 1.165) is 11.3 Å². The largest absolute Gasteiger partial charge is 0.459 e. The van der Waals surface area contributed by atoms with E-state index in [-0.39, 0.29) is 6.04 Å². The standard InChI is InChI=1S/C18H25NO/c1-11-13-9-7-8-10-14(13)20-15(11)12(2)19-16-17(3,4)18(16,5)6/h7-10,12,16,19H,1-6H3. The molecule has 1 aliphatic carbocycles. The normalized spacial score (nSPS) is 22.1. The number of nitrogens with one attached hydrogen (secondary N) is 1. The maximum Gasteiger partial charge on any atom is 0.134 e. The zero-order valence-corrected chi connectivity index (χ0v) is 13.4. The first-order valence-electron chi connectivity index (χ1n) is 7.51. The van der Waals surface area contributed by atoms with Crippen LogP contribution >= 0.6 is 0 Å². The molecule has 1 saturated carbocycles. The molecule has 2 nitrogen and oxygen atoms in total. The van der Waals surface area contributed by atoms with Crippen LogP contribution in [0.1, 0.15) is 52.0 Å². The summed E-state index contributed by atoms with van der Waals surface area (Å²) in [4.78, 5) is 0. The average Bonchev–Trinajstić information content (AvgIpc) is 2.70. The number of fused-ring (bicyclic) bond motifs is 1. The second-order valence-corrected chi connectivity index (χ2v) is 7.35. The van der Waals surface area contributed by atoms with Crippen LogP contribution in [-0.2, 0) is 0 Å². The molecule has 20 heavy (non-hydrogen) atoms. The topological polar surface area (TPSA) is 25.2 Å². The fraction of sp³-hybridized carbons (Fsp3) is 0.556. The lowest BCUT2D eigenvalue weighted by molar-refractivity contribution is 0.419. The van der Waals surface area contributed by atoms with Crippen molar-refractivity contribution in [1.29, 1.82) is 0 Å². The first kappa shape index (κ1) is 13.7. The highest BCUT2D eigenvalue weighted by Crippen LogP contribution is 2.63. The third-order valence-corrected chi connectivity index (χ3v) is 5.71. The minimum absolute atomic E-state index is 0.244. The van der Waals surface area contributed by atoms with E-state index in [2.05, 4.69) is 59.0 Å². The molecule has 1 atom stereocenters. The summed E-state index contributed by atoms with van der Waals surface area (Å²) in [5.41, 5.74) is 2.95. The molecule has 0 aliphatic heterocycles. The van der Waals surface area contributed by atoms with Crippen molar-refractivity contribution in [1.82, 2.24) is 5.32 Å². The Labute approximate surface area is 121 Å². The maximum absolute atomic E-state index is 6.06. The minimum Gasteiger partial charge on any atom is -0.459 e. The molecule has 1 aromatic heterocycles. The Bertz CT molecular complexity index is 636. The lowest BCUT2D eigenvalue weighted by Crippen LogP contribution is -2.25. The van der Waals surface area contributed by atoms with Gasteiger partial charge in [0.25, 0.3) is 0 Å². The molecule has 2 heteroatoms. The Hall–Kier alpha value is -1.28. The quantitative estimate of drug-likeness (QED) is 0.865. The van der Waals surface area contributed by atoms with E-state index in [4.69, 9.17) is 4.42 Å². The fourth-order valence-electron chi connectivity index (χ4n) is 3.55. The van der Waals surface area contributed by atoms with Crippen molar-refractivity contribution in [2.24, 2.45) is 10.8 Å². The molecule has 0 bridgehead atoms. The number of hydrogen-bond donors (Lipinski definition) is 1. The van der Waals surface area contributed by atoms with E-state index in [0.29, 0.717) is 16.9 Å². The molecular weight excluding hydrogens is 246 g/mol. The highest BCUT2D eigenvalue weighted by Gasteiger charge is 2.64. The fourth-order valence-corrected chi connectivity index (χ4v) is 3.55. The van der Waals surface area contributed by atoms with E-state index in [1.165, 1.54) is 10.9 Å². The van der Waals surface area contributed by atoms with Crippen molar-refractivity contribution in [2.75, 3.05) is 0 Å². The Balaban J connectivity index is 1.87. The van der Waals surface area contributed by atoms with E-state index in [9.17, 15) is 0 Å². The van der Waals surface area contributed by atoms with Crippen LogP contribution in [0.15, 0.2) is 28.7 Å². The monoisotopic (exact) mass is 271 g/mol.